The van der Waals surface area contributed by atoms with E-state index in [1.807, 2.05) is 6.92 Å². The molecule has 0 aliphatic carbocycles. The molecular weight excluding hydrogens is 376 g/mol. The normalized spacial score (nSPS) is 11.6. The number of hydrogen-bond donors (Lipinski definition) is 0. The highest BCUT2D eigenvalue weighted by atomic mass is 16.5. The van der Waals surface area contributed by atoms with Gasteiger partial charge in [-0.05, 0) is 25.2 Å². The maximum atomic E-state index is 12.0. The summed E-state index contributed by atoms with van der Waals surface area (Å²) in [4.78, 5) is 23.8. The van der Waals surface area contributed by atoms with Crippen LogP contribution in [0.15, 0.2) is 0 Å². The lowest BCUT2D eigenvalue weighted by Crippen LogP contribution is -2.19. The quantitative estimate of drug-likeness (QED) is 0.136. The molecule has 0 aliphatic rings. The predicted molar refractivity (Wildman–Crippen MR) is 124 cm³/mol. The molecule has 0 aromatic rings. The minimum absolute atomic E-state index is 0.219. The summed E-state index contributed by atoms with van der Waals surface area (Å²) in [5, 5.41) is 0. The minimum atomic E-state index is -0.347. The summed E-state index contributed by atoms with van der Waals surface area (Å²) < 4.78 is 10.7. The Morgan fingerprint density at radius 2 is 1.33 bits per heavy atom. The largest absolute Gasteiger partial charge is 0.466 e. The van der Waals surface area contributed by atoms with E-state index < -0.39 is 0 Å². The molecule has 0 bridgehead atoms. The van der Waals surface area contributed by atoms with E-state index in [1.165, 1.54) is 51.4 Å². The van der Waals surface area contributed by atoms with Crippen molar-refractivity contribution in [1.29, 1.82) is 0 Å². The smallest absolute Gasteiger partial charge is 0.307 e. The van der Waals surface area contributed by atoms with Gasteiger partial charge in [0.15, 0.2) is 6.10 Å². The summed E-state index contributed by atoms with van der Waals surface area (Å²) in [6.45, 7) is 8.87. The highest BCUT2D eigenvalue weighted by molar-refractivity contribution is 5.72. The van der Waals surface area contributed by atoms with Crippen molar-refractivity contribution in [3.63, 3.8) is 0 Å². The van der Waals surface area contributed by atoms with E-state index >= 15 is 0 Å². The van der Waals surface area contributed by atoms with Crippen molar-refractivity contribution in [3.05, 3.63) is 0 Å². The van der Waals surface area contributed by atoms with Gasteiger partial charge in [0.2, 0.25) is 0 Å². The molecule has 0 heterocycles. The second kappa shape index (κ2) is 20.8. The van der Waals surface area contributed by atoms with Gasteiger partial charge in [-0.15, -0.1) is 0 Å². The topological polar surface area (TPSA) is 52.6 Å². The summed E-state index contributed by atoms with van der Waals surface area (Å²) in [5.74, 6) is 5.91. The summed E-state index contributed by atoms with van der Waals surface area (Å²) in [7, 11) is 0. The number of hydrogen-bond acceptors (Lipinski definition) is 4. The molecule has 0 rings (SSSR count). The SMILES string of the molecule is CCC#CC(CC(C)C)OC(=O)CCCC(=O)OCCCCCCCCCCCC. The Labute approximate surface area is 185 Å². The van der Waals surface area contributed by atoms with Crippen LogP contribution in [0.5, 0.6) is 0 Å². The van der Waals surface area contributed by atoms with Crippen LogP contribution in [-0.2, 0) is 19.1 Å². The van der Waals surface area contributed by atoms with Crippen molar-refractivity contribution < 1.29 is 19.1 Å². The van der Waals surface area contributed by atoms with Gasteiger partial charge < -0.3 is 9.47 Å². The van der Waals surface area contributed by atoms with Gasteiger partial charge in [-0.3, -0.25) is 9.59 Å². The highest BCUT2D eigenvalue weighted by Gasteiger charge is 2.14. The molecule has 0 saturated carbocycles. The van der Waals surface area contributed by atoms with Crippen LogP contribution in [0, 0.1) is 17.8 Å². The second-order valence-electron chi connectivity index (χ2n) is 8.54. The lowest BCUT2D eigenvalue weighted by molar-refractivity contribution is -0.147. The molecule has 0 aromatic carbocycles. The molecule has 1 atom stereocenters. The van der Waals surface area contributed by atoms with Crippen LogP contribution in [0.3, 0.4) is 0 Å². The van der Waals surface area contributed by atoms with E-state index in [9.17, 15) is 9.59 Å². The Kier molecular flexibility index (Phi) is 19.7. The highest BCUT2D eigenvalue weighted by Crippen LogP contribution is 2.12. The first-order valence-electron chi connectivity index (χ1n) is 12.3. The van der Waals surface area contributed by atoms with Gasteiger partial charge in [0.05, 0.1) is 6.61 Å². The Morgan fingerprint density at radius 3 is 1.90 bits per heavy atom. The molecule has 30 heavy (non-hydrogen) atoms. The van der Waals surface area contributed by atoms with Crippen LogP contribution in [-0.4, -0.2) is 24.6 Å². The van der Waals surface area contributed by atoms with Crippen molar-refractivity contribution in [1.82, 2.24) is 0 Å². The van der Waals surface area contributed by atoms with Crippen molar-refractivity contribution in [2.75, 3.05) is 6.61 Å². The van der Waals surface area contributed by atoms with Gasteiger partial charge in [0, 0.05) is 19.3 Å². The van der Waals surface area contributed by atoms with E-state index in [0.717, 1.165) is 25.7 Å². The third-order valence-corrected chi connectivity index (χ3v) is 4.92. The zero-order chi connectivity index (χ0) is 22.5. The van der Waals surface area contributed by atoms with Crippen molar-refractivity contribution >= 4 is 11.9 Å². The minimum Gasteiger partial charge on any atom is -0.466 e. The number of unbranched alkanes of at least 4 members (excludes halogenated alkanes) is 9. The third kappa shape index (κ3) is 19.8. The molecule has 0 radical (unpaired) electrons. The molecule has 0 spiro atoms. The first-order valence-corrected chi connectivity index (χ1v) is 12.3. The number of rotatable bonds is 18. The van der Waals surface area contributed by atoms with Gasteiger partial charge in [-0.1, -0.05) is 97.3 Å². The van der Waals surface area contributed by atoms with Crippen molar-refractivity contribution in [3.8, 4) is 11.8 Å². The lowest BCUT2D eigenvalue weighted by Gasteiger charge is -2.14. The molecule has 0 N–H and O–H groups in total. The summed E-state index contributed by atoms with van der Waals surface area (Å²) in [6, 6.07) is 0. The molecule has 0 fully saturated rings. The average Bonchev–Trinajstić information content (AvgIpc) is 2.69. The van der Waals surface area contributed by atoms with Crippen molar-refractivity contribution in [2.24, 2.45) is 5.92 Å². The average molecular weight is 423 g/mol. The Bertz CT molecular complexity index is 487. The summed E-state index contributed by atoms with van der Waals surface area (Å²) in [6.07, 6.45) is 14.7. The van der Waals surface area contributed by atoms with Crippen LogP contribution < -0.4 is 0 Å². The summed E-state index contributed by atoms with van der Waals surface area (Å²) in [5.41, 5.74) is 0. The van der Waals surface area contributed by atoms with Crippen LogP contribution in [0.2, 0.25) is 0 Å². The Hall–Kier alpha value is -1.50. The van der Waals surface area contributed by atoms with Crippen LogP contribution in [0.1, 0.15) is 124 Å². The molecule has 0 aromatic heterocycles. The standard InChI is InChI=1S/C26H46O4/c1-5-7-9-10-11-12-13-14-15-16-21-29-25(27)19-17-20-26(28)30-24(18-8-6-2)22-23(3)4/h23-24H,5-7,9-17,19-22H2,1-4H3. The monoisotopic (exact) mass is 422 g/mol. The van der Waals surface area contributed by atoms with Crippen LogP contribution in [0.25, 0.3) is 0 Å². The molecule has 0 saturated heterocycles. The van der Waals surface area contributed by atoms with Gasteiger partial charge in [0.1, 0.15) is 0 Å². The first kappa shape index (κ1) is 28.5. The Balaban J connectivity index is 3.66. The molecular formula is C26H46O4. The second-order valence-corrected chi connectivity index (χ2v) is 8.54. The van der Waals surface area contributed by atoms with E-state index in [0.29, 0.717) is 18.9 Å². The molecule has 0 amide bonds. The molecule has 4 nitrogen and oxygen atoms in total. The van der Waals surface area contributed by atoms with Crippen LogP contribution >= 0.6 is 0 Å². The van der Waals surface area contributed by atoms with E-state index in [-0.39, 0.29) is 30.9 Å². The van der Waals surface area contributed by atoms with Gasteiger partial charge in [-0.2, -0.15) is 0 Å². The molecule has 1 unspecified atom stereocenters. The first-order chi connectivity index (χ1) is 14.5. The van der Waals surface area contributed by atoms with Gasteiger partial charge in [0.25, 0.3) is 0 Å². The fourth-order valence-corrected chi connectivity index (χ4v) is 3.22. The van der Waals surface area contributed by atoms with E-state index in [4.69, 9.17) is 9.47 Å². The van der Waals surface area contributed by atoms with E-state index in [1.54, 1.807) is 0 Å². The lowest BCUT2D eigenvalue weighted by atomic mass is 10.1. The maximum absolute atomic E-state index is 12.0. The maximum Gasteiger partial charge on any atom is 0.307 e. The van der Waals surface area contributed by atoms with Crippen molar-refractivity contribution in [2.45, 2.75) is 130 Å². The van der Waals surface area contributed by atoms with E-state index in [2.05, 4.69) is 32.6 Å². The number of ether oxygens (including phenoxy) is 2. The molecule has 174 valence electrons. The number of carbonyl (C=O) groups excluding carboxylic acids is 2. The molecule has 0 aliphatic heterocycles. The number of carbonyl (C=O) groups is 2. The zero-order valence-electron chi connectivity index (χ0n) is 20.1. The third-order valence-electron chi connectivity index (χ3n) is 4.92. The number of esters is 2. The summed E-state index contributed by atoms with van der Waals surface area (Å²) >= 11 is 0. The van der Waals surface area contributed by atoms with Gasteiger partial charge in [-0.25, -0.2) is 0 Å². The fraction of sp³-hybridized carbons (Fsp3) is 0.846. The predicted octanol–water partition coefficient (Wildman–Crippen LogP) is 6.99. The van der Waals surface area contributed by atoms with Gasteiger partial charge >= 0.3 is 11.9 Å². The molecule has 4 heteroatoms. The fourth-order valence-electron chi connectivity index (χ4n) is 3.22. The van der Waals surface area contributed by atoms with Crippen LogP contribution in [0.4, 0.5) is 0 Å². The zero-order valence-corrected chi connectivity index (χ0v) is 20.1. The Morgan fingerprint density at radius 1 is 0.767 bits per heavy atom.